The minimum absolute atomic E-state index is 0.0466. The van der Waals surface area contributed by atoms with Gasteiger partial charge in [-0.2, -0.15) is 0 Å². The van der Waals surface area contributed by atoms with Crippen molar-refractivity contribution in [2.24, 2.45) is 0 Å². The number of likely N-dealkylation sites (N-methyl/N-ethyl adjacent to an activating group) is 1. The maximum Gasteiger partial charge on any atom is 0.323 e. The second kappa shape index (κ2) is 7.38. The van der Waals surface area contributed by atoms with E-state index < -0.39 is 0 Å². The zero-order valence-electron chi connectivity index (χ0n) is 12.7. The smallest absolute Gasteiger partial charge is 0.308 e. The molecule has 0 aromatic heterocycles. The molecule has 0 saturated heterocycles. The number of nitrogens with zero attached hydrogens (tertiary/aromatic N) is 1. The van der Waals surface area contributed by atoms with Gasteiger partial charge in [0.05, 0.1) is 6.54 Å². The van der Waals surface area contributed by atoms with Crippen molar-refractivity contribution in [3.63, 3.8) is 0 Å². The Hall–Kier alpha value is -2.66. The second-order valence-corrected chi connectivity index (χ2v) is 5.18. The Morgan fingerprint density at radius 3 is 1.95 bits per heavy atom. The van der Waals surface area contributed by atoms with Crippen molar-refractivity contribution >= 4 is 23.2 Å². The van der Waals surface area contributed by atoms with E-state index in [2.05, 4.69) is 10.6 Å². The number of hydrogen-bond acceptors (Lipinski definition) is 3. The molecule has 22 heavy (non-hydrogen) atoms. The molecule has 2 N–H and O–H groups in total. The number of carbonyl (C=O) groups excluding carboxylic acids is 2. The molecule has 5 nitrogen and oxygen atoms in total. The number of nitrogens with one attached hydrogen (secondary N) is 2. The van der Waals surface area contributed by atoms with Crippen LogP contribution in [0.5, 0.6) is 0 Å². The molecule has 0 fully saturated rings. The normalized spacial score (nSPS) is 10.3. The van der Waals surface area contributed by atoms with Gasteiger partial charge in [0.25, 0.3) is 0 Å². The number of benzene rings is 2. The highest BCUT2D eigenvalue weighted by Gasteiger charge is 2.07. The molecule has 0 aliphatic heterocycles. The number of carbonyl (C=O) groups is 2. The Balaban J connectivity index is 1.93. The van der Waals surface area contributed by atoms with Crippen molar-refractivity contribution in [1.29, 1.82) is 0 Å². The Morgan fingerprint density at radius 2 is 1.41 bits per heavy atom. The van der Waals surface area contributed by atoms with Crippen LogP contribution in [-0.2, 0) is 0 Å². The Labute approximate surface area is 129 Å². The number of Topliss-reactive ketones (excluding diaryl/α,β-unsaturated/α-hetero) is 1. The number of rotatable bonds is 5. The van der Waals surface area contributed by atoms with Gasteiger partial charge >= 0.3 is 6.03 Å². The zero-order chi connectivity index (χ0) is 15.9. The molecule has 0 radical (unpaired) electrons. The summed E-state index contributed by atoms with van der Waals surface area (Å²) in [6, 6.07) is 15.7. The van der Waals surface area contributed by atoms with E-state index in [1.54, 1.807) is 24.3 Å². The van der Waals surface area contributed by atoms with Gasteiger partial charge in [0.2, 0.25) is 0 Å². The zero-order valence-corrected chi connectivity index (χ0v) is 12.7. The topological polar surface area (TPSA) is 61.4 Å². The predicted octanol–water partition coefficient (Wildman–Crippen LogP) is 3.07. The molecule has 0 atom stereocenters. The third-order valence-corrected chi connectivity index (χ3v) is 2.96. The van der Waals surface area contributed by atoms with Gasteiger partial charge in [-0.25, -0.2) is 4.79 Å². The van der Waals surface area contributed by atoms with Gasteiger partial charge < -0.3 is 15.5 Å². The van der Waals surface area contributed by atoms with Gasteiger partial charge in [0.1, 0.15) is 0 Å². The van der Waals surface area contributed by atoms with E-state index in [4.69, 9.17) is 0 Å². The van der Waals surface area contributed by atoms with E-state index >= 15 is 0 Å². The lowest BCUT2D eigenvalue weighted by Gasteiger charge is -2.10. The lowest BCUT2D eigenvalue weighted by atomic mass is 10.1. The minimum atomic E-state index is -0.321. The van der Waals surface area contributed by atoms with Gasteiger partial charge in [0.15, 0.2) is 5.78 Å². The van der Waals surface area contributed by atoms with Crippen LogP contribution in [0.3, 0.4) is 0 Å². The summed E-state index contributed by atoms with van der Waals surface area (Å²) >= 11 is 0. The lowest BCUT2D eigenvalue weighted by Crippen LogP contribution is -2.22. The molecule has 0 saturated carbocycles. The fraction of sp³-hybridized carbons (Fsp3) is 0.176. The molecule has 0 spiro atoms. The number of hydrogen-bond donors (Lipinski definition) is 2. The Bertz CT molecular complexity index is 637. The minimum Gasteiger partial charge on any atom is -0.308 e. The summed E-state index contributed by atoms with van der Waals surface area (Å²) in [6.07, 6.45) is 0. The maximum atomic E-state index is 11.9. The van der Waals surface area contributed by atoms with Crippen LogP contribution in [-0.4, -0.2) is 37.4 Å². The molecule has 5 heteroatoms. The lowest BCUT2D eigenvalue weighted by molar-refractivity contribution is 0.0958. The van der Waals surface area contributed by atoms with Crippen LogP contribution in [0.25, 0.3) is 0 Å². The quantitative estimate of drug-likeness (QED) is 0.834. The summed E-state index contributed by atoms with van der Waals surface area (Å²) in [5, 5.41) is 5.46. The molecule has 2 aromatic rings. The monoisotopic (exact) mass is 297 g/mol. The molecule has 114 valence electrons. The SMILES string of the molecule is CN(C)CC(=O)c1ccc(NC(=O)Nc2ccccc2)cc1. The standard InChI is InChI=1S/C17H19N3O2/c1-20(2)12-16(21)13-8-10-15(11-9-13)19-17(22)18-14-6-4-3-5-7-14/h3-11H,12H2,1-2H3,(H2,18,19,22). The maximum absolute atomic E-state index is 11.9. The van der Waals surface area contributed by atoms with Crippen LogP contribution in [0.15, 0.2) is 54.6 Å². The molecule has 2 aromatic carbocycles. The molecular weight excluding hydrogens is 278 g/mol. The third kappa shape index (κ3) is 4.71. The first-order valence-electron chi connectivity index (χ1n) is 6.95. The summed E-state index contributed by atoms with van der Waals surface area (Å²) in [5.41, 5.74) is 1.98. The van der Waals surface area contributed by atoms with Gasteiger partial charge in [-0.1, -0.05) is 18.2 Å². The highest BCUT2D eigenvalue weighted by Crippen LogP contribution is 2.12. The Morgan fingerprint density at radius 1 is 0.864 bits per heavy atom. The van der Waals surface area contributed by atoms with Crippen LogP contribution in [0.4, 0.5) is 16.2 Å². The first kappa shape index (κ1) is 15.7. The summed E-state index contributed by atoms with van der Waals surface area (Å²) < 4.78 is 0. The summed E-state index contributed by atoms with van der Waals surface area (Å²) in [5.74, 6) is 0.0466. The van der Waals surface area contributed by atoms with Crippen molar-refractivity contribution in [1.82, 2.24) is 4.90 Å². The van der Waals surface area contributed by atoms with Crippen molar-refractivity contribution in [3.05, 3.63) is 60.2 Å². The first-order valence-corrected chi connectivity index (χ1v) is 6.95. The van der Waals surface area contributed by atoms with Crippen LogP contribution in [0, 0.1) is 0 Å². The van der Waals surface area contributed by atoms with Crippen LogP contribution in [0.1, 0.15) is 10.4 Å². The van der Waals surface area contributed by atoms with Gasteiger partial charge in [-0.05, 0) is 50.5 Å². The first-order chi connectivity index (χ1) is 10.5. The van der Waals surface area contributed by atoms with E-state index in [1.807, 2.05) is 49.3 Å². The third-order valence-electron chi connectivity index (χ3n) is 2.96. The van der Waals surface area contributed by atoms with Crippen LogP contribution >= 0.6 is 0 Å². The Kier molecular flexibility index (Phi) is 5.27. The van der Waals surface area contributed by atoms with Gasteiger partial charge in [-0.3, -0.25) is 4.79 Å². The number of anilines is 2. The molecule has 2 rings (SSSR count). The van der Waals surface area contributed by atoms with Crippen molar-refractivity contribution in [2.75, 3.05) is 31.3 Å². The second-order valence-electron chi connectivity index (χ2n) is 5.18. The van der Waals surface area contributed by atoms with Crippen molar-refractivity contribution in [2.45, 2.75) is 0 Å². The molecular formula is C17H19N3O2. The molecule has 0 heterocycles. The molecule has 0 unspecified atom stereocenters. The average molecular weight is 297 g/mol. The van der Waals surface area contributed by atoms with E-state index in [9.17, 15) is 9.59 Å². The van der Waals surface area contributed by atoms with Crippen molar-refractivity contribution < 1.29 is 9.59 Å². The summed E-state index contributed by atoms with van der Waals surface area (Å²) in [7, 11) is 3.70. The van der Waals surface area contributed by atoms with Crippen LogP contribution in [0.2, 0.25) is 0 Å². The number of ketones is 1. The highest BCUT2D eigenvalue weighted by atomic mass is 16.2. The number of urea groups is 1. The summed E-state index contributed by atoms with van der Waals surface area (Å²) in [4.78, 5) is 25.6. The van der Waals surface area contributed by atoms with Crippen molar-refractivity contribution in [3.8, 4) is 0 Å². The largest absolute Gasteiger partial charge is 0.323 e. The van der Waals surface area contributed by atoms with E-state index in [0.717, 1.165) is 5.69 Å². The van der Waals surface area contributed by atoms with Gasteiger partial charge in [-0.15, -0.1) is 0 Å². The molecule has 0 aliphatic rings. The fourth-order valence-corrected chi connectivity index (χ4v) is 1.93. The van der Waals surface area contributed by atoms with Crippen LogP contribution < -0.4 is 10.6 Å². The summed E-state index contributed by atoms with van der Waals surface area (Å²) in [6.45, 7) is 0.362. The molecule has 0 aliphatic carbocycles. The number of para-hydroxylation sites is 1. The average Bonchev–Trinajstić information content (AvgIpc) is 2.48. The van der Waals surface area contributed by atoms with Gasteiger partial charge in [0, 0.05) is 16.9 Å². The highest BCUT2D eigenvalue weighted by molar-refractivity contribution is 6.01. The van der Waals surface area contributed by atoms with E-state index in [0.29, 0.717) is 17.8 Å². The van der Waals surface area contributed by atoms with E-state index in [-0.39, 0.29) is 11.8 Å². The number of amides is 2. The van der Waals surface area contributed by atoms with E-state index in [1.165, 1.54) is 0 Å². The molecule has 2 amide bonds. The predicted molar refractivity (Wildman–Crippen MR) is 88.4 cm³/mol. The fourth-order valence-electron chi connectivity index (χ4n) is 1.93. The molecule has 0 bridgehead atoms.